The summed E-state index contributed by atoms with van der Waals surface area (Å²) in [4.78, 5) is 13.9. The minimum atomic E-state index is -0.324. The molecule has 1 aliphatic heterocycles. The number of aliphatic hydroxyl groups is 1. The molecule has 3 nitrogen and oxygen atoms in total. The predicted octanol–water partition coefficient (Wildman–Crippen LogP) is 1.16. The highest BCUT2D eigenvalue weighted by molar-refractivity contribution is 5.85. The Morgan fingerprint density at radius 2 is 2.14 bits per heavy atom. The molecular weight excluding hydrogens is 178 g/mol. The number of carbonyl (C=O) groups is 1. The van der Waals surface area contributed by atoms with Gasteiger partial charge in [0.1, 0.15) is 0 Å². The Balaban J connectivity index is 2.05. The Morgan fingerprint density at radius 1 is 1.50 bits per heavy atom. The molecule has 0 bridgehead atoms. The normalized spacial score (nSPS) is 35.5. The van der Waals surface area contributed by atoms with E-state index in [-0.39, 0.29) is 23.5 Å². The molecule has 0 aromatic rings. The summed E-state index contributed by atoms with van der Waals surface area (Å²) >= 11 is 0. The Kier molecular flexibility index (Phi) is 2.30. The maximum Gasteiger partial charge on any atom is 0.228 e. The van der Waals surface area contributed by atoms with Gasteiger partial charge in [-0.15, -0.1) is 0 Å². The van der Waals surface area contributed by atoms with Crippen LogP contribution < -0.4 is 0 Å². The van der Waals surface area contributed by atoms with E-state index in [1.54, 1.807) is 0 Å². The largest absolute Gasteiger partial charge is 0.391 e. The molecule has 2 atom stereocenters. The second-order valence-corrected chi connectivity index (χ2v) is 5.01. The van der Waals surface area contributed by atoms with E-state index in [1.807, 2.05) is 18.7 Å². The molecule has 0 radical (unpaired) electrons. The molecular formula is C11H19NO2. The number of likely N-dealkylation sites (tertiary alicyclic amines) is 1. The quantitative estimate of drug-likeness (QED) is 0.685. The van der Waals surface area contributed by atoms with Crippen molar-refractivity contribution in [1.29, 1.82) is 0 Å². The summed E-state index contributed by atoms with van der Waals surface area (Å²) in [6.07, 6.45) is 3.49. The van der Waals surface area contributed by atoms with Crippen LogP contribution in [0.3, 0.4) is 0 Å². The molecule has 0 aromatic heterocycles. The SMILES string of the molecule is CC1C(O)CCCN1C(=O)C1(C)CC1. The molecule has 2 rings (SSSR count). The second-order valence-electron chi connectivity index (χ2n) is 5.01. The molecule has 1 N–H and O–H groups in total. The van der Waals surface area contributed by atoms with Crippen molar-refractivity contribution in [2.24, 2.45) is 5.41 Å². The van der Waals surface area contributed by atoms with E-state index < -0.39 is 0 Å². The smallest absolute Gasteiger partial charge is 0.228 e. The van der Waals surface area contributed by atoms with E-state index in [0.29, 0.717) is 0 Å². The third-order valence-corrected chi connectivity index (χ3v) is 3.72. The standard InChI is InChI=1S/C11H19NO2/c1-8-9(13)4-3-7-12(8)10(14)11(2)5-6-11/h8-9,13H,3-7H2,1-2H3. The number of carbonyl (C=O) groups excluding carboxylic acids is 1. The second kappa shape index (κ2) is 3.23. The number of aliphatic hydroxyl groups excluding tert-OH is 1. The minimum Gasteiger partial charge on any atom is -0.391 e. The maximum absolute atomic E-state index is 12.1. The average Bonchev–Trinajstić information content (AvgIpc) is 2.89. The van der Waals surface area contributed by atoms with Gasteiger partial charge in [-0.2, -0.15) is 0 Å². The van der Waals surface area contributed by atoms with Crippen LogP contribution in [0.5, 0.6) is 0 Å². The number of piperidine rings is 1. The van der Waals surface area contributed by atoms with Crippen LogP contribution in [-0.4, -0.2) is 34.6 Å². The molecule has 1 saturated heterocycles. The fourth-order valence-corrected chi connectivity index (χ4v) is 2.16. The lowest BCUT2D eigenvalue weighted by molar-refractivity contribution is -0.143. The van der Waals surface area contributed by atoms with E-state index in [9.17, 15) is 9.90 Å². The van der Waals surface area contributed by atoms with Gasteiger partial charge < -0.3 is 10.0 Å². The van der Waals surface area contributed by atoms with E-state index in [1.165, 1.54) is 0 Å². The molecule has 3 heteroatoms. The third-order valence-electron chi connectivity index (χ3n) is 3.72. The fraction of sp³-hybridized carbons (Fsp3) is 0.909. The molecule has 2 unspecified atom stereocenters. The Bertz CT molecular complexity index is 248. The van der Waals surface area contributed by atoms with Gasteiger partial charge in [0.25, 0.3) is 0 Å². The Hall–Kier alpha value is -0.570. The van der Waals surface area contributed by atoms with Crippen LogP contribution in [0.25, 0.3) is 0 Å². The molecule has 1 heterocycles. The van der Waals surface area contributed by atoms with Gasteiger partial charge in [0, 0.05) is 12.0 Å². The van der Waals surface area contributed by atoms with Gasteiger partial charge in [-0.05, 0) is 32.6 Å². The predicted molar refractivity (Wildman–Crippen MR) is 53.8 cm³/mol. The van der Waals surface area contributed by atoms with E-state index in [0.717, 1.165) is 32.2 Å². The van der Waals surface area contributed by atoms with E-state index in [4.69, 9.17) is 0 Å². The molecule has 1 amide bonds. The van der Waals surface area contributed by atoms with Gasteiger partial charge in [-0.25, -0.2) is 0 Å². The first-order chi connectivity index (χ1) is 6.54. The molecule has 0 spiro atoms. The van der Waals surface area contributed by atoms with Crippen LogP contribution in [0.2, 0.25) is 0 Å². The van der Waals surface area contributed by atoms with Crippen LogP contribution in [0.4, 0.5) is 0 Å². The van der Waals surface area contributed by atoms with E-state index in [2.05, 4.69) is 0 Å². The molecule has 2 fully saturated rings. The summed E-state index contributed by atoms with van der Waals surface area (Å²) in [5.74, 6) is 0.253. The van der Waals surface area contributed by atoms with Gasteiger partial charge in [0.15, 0.2) is 0 Å². The van der Waals surface area contributed by atoms with Crippen molar-refractivity contribution in [1.82, 2.24) is 4.90 Å². The first-order valence-corrected chi connectivity index (χ1v) is 5.54. The molecule has 1 aliphatic carbocycles. The fourth-order valence-electron chi connectivity index (χ4n) is 2.16. The molecule has 0 aromatic carbocycles. The molecule has 80 valence electrons. The summed E-state index contributed by atoms with van der Waals surface area (Å²) in [6.45, 7) is 4.81. The van der Waals surface area contributed by atoms with Crippen molar-refractivity contribution in [2.45, 2.75) is 51.7 Å². The number of nitrogens with zero attached hydrogens (tertiary/aromatic N) is 1. The van der Waals surface area contributed by atoms with Crippen LogP contribution in [0.15, 0.2) is 0 Å². The van der Waals surface area contributed by atoms with Crippen molar-refractivity contribution in [3.05, 3.63) is 0 Å². The lowest BCUT2D eigenvalue weighted by Crippen LogP contribution is -2.51. The van der Waals surface area contributed by atoms with E-state index >= 15 is 0 Å². The van der Waals surface area contributed by atoms with Gasteiger partial charge in [-0.3, -0.25) is 4.79 Å². The summed E-state index contributed by atoms with van der Waals surface area (Å²) in [5.41, 5.74) is -0.0919. The highest BCUT2D eigenvalue weighted by Crippen LogP contribution is 2.47. The van der Waals surface area contributed by atoms with Crippen molar-refractivity contribution < 1.29 is 9.90 Å². The third kappa shape index (κ3) is 1.54. The van der Waals surface area contributed by atoms with Gasteiger partial charge in [0.2, 0.25) is 5.91 Å². The summed E-state index contributed by atoms with van der Waals surface area (Å²) < 4.78 is 0. The maximum atomic E-state index is 12.1. The van der Waals surface area contributed by atoms with Crippen LogP contribution >= 0.6 is 0 Å². The molecule has 14 heavy (non-hydrogen) atoms. The number of hydrogen-bond donors (Lipinski definition) is 1. The zero-order valence-corrected chi connectivity index (χ0v) is 8.99. The van der Waals surface area contributed by atoms with Crippen molar-refractivity contribution in [2.75, 3.05) is 6.54 Å². The van der Waals surface area contributed by atoms with Crippen LogP contribution in [0.1, 0.15) is 39.5 Å². The lowest BCUT2D eigenvalue weighted by Gasteiger charge is -2.38. The summed E-state index contributed by atoms with van der Waals surface area (Å²) in [7, 11) is 0. The lowest BCUT2D eigenvalue weighted by atomic mass is 9.97. The minimum absolute atomic E-state index is 0.00803. The highest BCUT2D eigenvalue weighted by Gasteiger charge is 2.48. The van der Waals surface area contributed by atoms with Gasteiger partial charge in [0.05, 0.1) is 12.1 Å². The van der Waals surface area contributed by atoms with Crippen molar-refractivity contribution in [3.8, 4) is 0 Å². The first kappa shape index (κ1) is 9.97. The van der Waals surface area contributed by atoms with Crippen molar-refractivity contribution >= 4 is 5.91 Å². The monoisotopic (exact) mass is 197 g/mol. The summed E-state index contributed by atoms with van der Waals surface area (Å²) in [6, 6.07) is 0.00803. The Labute approximate surface area is 85.1 Å². The Morgan fingerprint density at radius 3 is 2.71 bits per heavy atom. The number of hydrogen-bond acceptors (Lipinski definition) is 2. The first-order valence-electron chi connectivity index (χ1n) is 5.54. The van der Waals surface area contributed by atoms with Gasteiger partial charge >= 0.3 is 0 Å². The topological polar surface area (TPSA) is 40.5 Å². The van der Waals surface area contributed by atoms with Gasteiger partial charge in [-0.1, -0.05) is 6.92 Å². The highest BCUT2D eigenvalue weighted by atomic mass is 16.3. The number of rotatable bonds is 1. The molecule has 2 aliphatic rings. The zero-order chi connectivity index (χ0) is 10.3. The van der Waals surface area contributed by atoms with Crippen LogP contribution in [0, 0.1) is 5.41 Å². The van der Waals surface area contributed by atoms with Crippen LogP contribution in [-0.2, 0) is 4.79 Å². The molecule has 1 saturated carbocycles. The van der Waals surface area contributed by atoms with Crippen molar-refractivity contribution in [3.63, 3.8) is 0 Å². The zero-order valence-electron chi connectivity index (χ0n) is 8.99. The summed E-state index contributed by atoms with van der Waals surface area (Å²) in [5, 5.41) is 9.69. The number of amides is 1. The average molecular weight is 197 g/mol.